The first kappa shape index (κ1) is 14.5. The average Bonchev–Trinajstić information content (AvgIpc) is 2.43. The number of pyridine rings is 1. The largest absolute Gasteiger partial charge is 0.383 e. The second kappa shape index (κ2) is 6.03. The minimum Gasteiger partial charge on any atom is -0.383 e. The van der Waals surface area contributed by atoms with Crippen LogP contribution in [0.25, 0.3) is 0 Å². The average molecular weight is 270 g/mol. The summed E-state index contributed by atoms with van der Waals surface area (Å²) in [6.07, 6.45) is 2.55. The molecule has 0 aliphatic heterocycles. The van der Waals surface area contributed by atoms with Gasteiger partial charge in [-0.05, 0) is 55.5 Å². The van der Waals surface area contributed by atoms with Crippen molar-refractivity contribution in [1.82, 2.24) is 10.4 Å². The van der Waals surface area contributed by atoms with E-state index in [9.17, 15) is 0 Å². The summed E-state index contributed by atoms with van der Waals surface area (Å²) in [5, 5.41) is 0. The third-order valence-corrected chi connectivity index (χ3v) is 3.67. The van der Waals surface area contributed by atoms with Gasteiger partial charge >= 0.3 is 0 Å². The van der Waals surface area contributed by atoms with Gasteiger partial charge in [0.2, 0.25) is 0 Å². The van der Waals surface area contributed by atoms with Gasteiger partial charge in [0, 0.05) is 11.8 Å². The van der Waals surface area contributed by atoms with Crippen LogP contribution in [0.1, 0.15) is 33.9 Å². The SMILES string of the molecule is Cc1cnc(N)c(C(Cc2ccc(C)c(C)c2)NN)c1. The van der Waals surface area contributed by atoms with Crippen molar-refractivity contribution in [2.24, 2.45) is 5.84 Å². The quantitative estimate of drug-likeness (QED) is 0.588. The van der Waals surface area contributed by atoms with Crippen LogP contribution < -0.4 is 17.0 Å². The van der Waals surface area contributed by atoms with Crippen molar-refractivity contribution in [2.75, 3.05) is 5.73 Å². The van der Waals surface area contributed by atoms with Crippen LogP contribution in [0.3, 0.4) is 0 Å². The summed E-state index contributed by atoms with van der Waals surface area (Å²) in [6, 6.07) is 8.46. The Morgan fingerprint density at radius 1 is 1.15 bits per heavy atom. The number of nitrogens with zero attached hydrogens (tertiary/aromatic N) is 1. The highest BCUT2D eigenvalue weighted by molar-refractivity contribution is 5.44. The lowest BCUT2D eigenvalue weighted by Gasteiger charge is -2.19. The van der Waals surface area contributed by atoms with Gasteiger partial charge in [-0.1, -0.05) is 18.2 Å². The molecule has 1 aromatic heterocycles. The number of benzene rings is 1. The van der Waals surface area contributed by atoms with Gasteiger partial charge in [-0.2, -0.15) is 0 Å². The van der Waals surface area contributed by atoms with E-state index < -0.39 is 0 Å². The summed E-state index contributed by atoms with van der Waals surface area (Å²) in [5.41, 5.74) is 14.7. The zero-order valence-corrected chi connectivity index (χ0v) is 12.3. The predicted molar refractivity (Wildman–Crippen MR) is 83.1 cm³/mol. The molecule has 0 fully saturated rings. The van der Waals surface area contributed by atoms with E-state index in [1.807, 2.05) is 13.0 Å². The summed E-state index contributed by atoms with van der Waals surface area (Å²) in [6.45, 7) is 6.23. The number of aromatic nitrogens is 1. The Hall–Kier alpha value is -1.91. The molecule has 0 amide bonds. The van der Waals surface area contributed by atoms with Gasteiger partial charge in [-0.25, -0.2) is 4.98 Å². The van der Waals surface area contributed by atoms with E-state index in [1.165, 1.54) is 16.7 Å². The highest BCUT2D eigenvalue weighted by Gasteiger charge is 2.15. The zero-order valence-electron chi connectivity index (χ0n) is 12.3. The van der Waals surface area contributed by atoms with Gasteiger partial charge < -0.3 is 5.73 Å². The molecule has 0 aliphatic carbocycles. The molecule has 1 aromatic carbocycles. The van der Waals surface area contributed by atoms with Crippen molar-refractivity contribution in [3.63, 3.8) is 0 Å². The Morgan fingerprint density at radius 2 is 1.90 bits per heavy atom. The molecule has 0 bridgehead atoms. The Labute approximate surface area is 120 Å². The van der Waals surface area contributed by atoms with E-state index in [0.29, 0.717) is 5.82 Å². The monoisotopic (exact) mass is 270 g/mol. The highest BCUT2D eigenvalue weighted by Crippen LogP contribution is 2.23. The first-order valence-electron chi connectivity index (χ1n) is 6.75. The molecule has 0 aliphatic rings. The first-order chi connectivity index (χ1) is 9.51. The summed E-state index contributed by atoms with van der Waals surface area (Å²) >= 11 is 0. The van der Waals surface area contributed by atoms with Crippen LogP contribution in [0.4, 0.5) is 5.82 Å². The van der Waals surface area contributed by atoms with Crippen molar-refractivity contribution in [3.05, 3.63) is 58.3 Å². The van der Waals surface area contributed by atoms with Gasteiger partial charge in [0.15, 0.2) is 0 Å². The normalized spacial score (nSPS) is 12.4. The molecule has 1 unspecified atom stereocenters. The number of nitrogen functional groups attached to an aromatic ring is 1. The van der Waals surface area contributed by atoms with Crippen LogP contribution in [0.5, 0.6) is 0 Å². The molecule has 2 aromatic rings. The molecular formula is C16H22N4. The Bertz CT molecular complexity index is 607. The van der Waals surface area contributed by atoms with E-state index >= 15 is 0 Å². The standard InChI is InChI=1S/C16H22N4/c1-10-6-14(16(17)19-9-10)15(20-18)8-13-5-4-11(2)12(3)7-13/h4-7,9,15,20H,8,18H2,1-3H3,(H2,17,19). The molecule has 2 rings (SSSR count). The maximum Gasteiger partial charge on any atom is 0.128 e. The Morgan fingerprint density at radius 3 is 2.55 bits per heavy atom. The molecule has 0 spiro atoms. The molecule has 20 heavy (non-hydrogen) atoms. The number of hydrogen-bond donors (Lipinski definition) is 3. The molecule has 0 saturated carbocycles. The lowest BCUT2D eigenvalue weighted by Crippen LogP contribution is -2.30. The number of aryl methyl sites for hydroxylation is 3. The number of rotatable bonds is 4. The van der Waals surface area contributed by atoms with E-state index in [2.05, 4.69) is 42.5 Å². The summed E-state index contributed by atoms with van der Waals surface area (Å²) in [7, 11) is 0. The van der Waals surface area contributed by atoms with Crippen molar-refractivity contribution < 1.29 is 0 Å². The third kappa shape index (κ3) is 3.15. The Kier molecular flexibility index (Phi) is 4.37. The lowest BCUT2D eigenvalue weighted by atomic mass is 9.96. The summed E-state index contributed by atoms with van der Waals surface area (Å²) in [5.74, 6) is 6.24. The highest BCUT2D eigenvalue weighted by atomic mass is 15.2. The smallest absolute Gasteiger partial charge is 0.128 e. The molecule has 4 nitrogen and oxygen atoms in total. The molecule has 5 N–H and O–H groups in total. The minimum atomic E-state index is -0.0375. The van der Waals surface area contributed by atoms with Crippen molar-refractivity contribution >= 4 is 5.82 Å². The maximum atomic E-state index is 5.97. The Balaban J connectivity index is 2.28. The summed E-state index contributed by atoms with van der Waals surface area (Å²) in [4.78, 5) is 4.20. The van der Waals surface area contributed by atoms with E-state index in [4.69, 9.17) is 11.6 Å². The fraction of sp³-hybridized carbons (Fsp3) is 0.312. The topological polar surface area (TPSA) is 77.0 Å². The van der Waals surface area contributed by atoms with Crippen molar-refractivity contribution in [1.29, 1.82) is 0 Å². The number of anilines is 1. The molecule has 1 heterocycles. The molecule has 0 radical (unpaired) electrons. The molecule has 4 heteroatoms. The van der Waals surface area contributed by atoms with Crippen LogP contribution in [0, 0.1) is 20.8 Å². The minimum absolute atomic E-state index is 0.0375. The third-order valence-electron chi connectivity index (χ3n) is 3.67. The van der Waals surface area contributed by atoms with E-state index in [-0.39, 0.29) is 6.04 Å². The number of hydrogen-bond acceptors (Lipinski definition) is 4. The van der Waals surface area contributed by atoms with Crippen molar-refractivity contribution in [2.45, 2.75) is 33.2 Å². The second-order valence-corrected chi connectivity index (χ2v) is 5.33. The van der Waals surface area contributed by atoms with Gasteiger partial charge in [-0.3, -0.25) is 11.3 Å². The van der Waals surface area contributed by atoms with Crippen LogP contribution in [-0.2, 0) is 6.42 Å². The molecule has 106 valence electrons. The summed E-state index contributed by atoms with van der Waals surface area (Å²) < 4.78 is 0. The zero-order chi connectivity index (χ0) is 14.7. The number of nitrogens with two attached hydrogens (primary N) is 2. The van der Waals surface area contributed by atoms with Crippen molar-refractivity contribution in [3.8, 4) is 0 Å². The van der Waals surface area contributed by atoms with Gasteiger partial charge in [0.1, 0.15) is 5.82 Å². The van der Waals surface area contributed by atoms with Crippen LogP contribution in [-0.4, -0.2) is 4.98 Å². The number of nitrogens with one attached hydrogen (secondary N) is 1. The molecular weight excluding hydrogens is 248 g/mol. The first-order valence-corrected chi connectivity index (χ1v) is 6.75. The fourth-order valence-electron chi connectivity index (χ4n) is 2.31. The van der Waals surface area contributed by atoms with Gasteiger partial charge in [0.25, 0.3) is 0 Å². The van der Waals surface area contributed by atoms with E-state index in [0.717, 1.165) is 17.5 Å². The lowest BCUT2D eigenvalue weighted by molar-refractivity contribution is 0.551. The van der Waals surface area contributed by atoms with Gasteiger partial charge in [-0.15, -0.1) is 0 Å². The van der Waals surface area contributed by atoms with Crippen LogP contribution in [0.2, 0.25) is 0 Å². The number of hydrazine groups is 1. The fourth-order valence-corrected chi connectivity index (χ4v) is 2.31. The second-order valence-electron chi connectivity index (χ2n) is 5.33. The van der Waals surface area contributed by atoms with Crippen LogP contribution >= 0.6 is 0 Å². The van der Waals surface area contributed by atoms with Gasteiger partial charge in [0.05, 0.1) is 6.04 Å². The molecule has 1 atom stereocenters. The van der Waals surface area contributed by atoms with E-state index in [1.54, 1.807) is 6.20 Å². The predicted octanol–water partition coefficient (Wildman–Crippen LogP) is 2.34. The maximum absolute atomic E-state index is 5.97. The van der Waals surface area contributed by atoms with Crippen LogP contribution in [0.15, 0.2) is 30.5 Å². The molecule has 0 saturated heterocycles.